The van der Waals surface area contributed by atoms with E-state index < -0.39 is 0 Å². The van der Waals surface area contributed by atoms with Crippen molar-refractivity contribution in [2.75, 3.05) is 13.1 Å². The third kappa shape index (κ3) is 7.10. The summed E-state index contributed by atoms with van der Waals surface area (Å²) in [7, 11) is 0. The molecule has 1 aliphatic rings. The number of rotatable bonds is 12. The van der Waals surface area contributed by atoms with Crippen molar-refractivity contribution in [2.45, 2.75) is 52.5 Å². The molecule has 0 aliphatic heterocycles. The average molecular weight is 530 g/mol. The van der Waals surface area contributed by atoms with Crippen molar-refractivity contribution in [1.82, 2.24) is 25.3 Å². The molecule has 5 heteroatoms. The summed E-state index contributed by atoms with van der Waals surface area (Å²) >= 11 is 0. The van der Waals surface area contributed by atoms with Gasteiger partial charge in [0, 0.05) is 11.3 Å². The van der Waals surface area contributed by atoms with Crippen molar-refractivity contribution >= 4 is 12.2 Å². The number of unbranched alkanes of at least 4 members (excludes halogenated alkanes) is 2. The molecule has 2 aromatic heterocycles. The number of nitrogens with zero attached hydrogens (tertiary/aromatic N) is 4. The highest BCUT2D eigenvalue weighted by molar-refractivity contribution is 5.77. The maximum Gasteiger partial charge on any atom is 0.139 e. The van der Waals surface area contributed by atoms with E-state index in [1.807, 2.05) is 35.9 Å². The summed E-state index contributed by atoms with van der Waals surface area (Å²) in [6.45, 7) is 7.09. The predicted molar refractivity (Wildman–Crippen MR) is 166 cm³/mol. The van der Waals surface area contributed by atoms with Crippen LogP contribution in [0, 0.1) is 6.92 Å². The van der Waals surface area contributed by atoms with Crippen molar-refractivity contribution in [3.8, 4) is 22.6 Å². The van der Waals surface area contributed by atoms with Crippen molar-refractivity contribution < 1.29 is 0 Å². The fraction of sp³-hybridized carbons (Fsp3) is 0.286. The van der Waals surface area contributed by atoms with Gasteiger partial charge in [0.1, 0.15) is 5.69 Å². The zero-order chi connectivity index (χ0) is 27.6. The van der Waals surface area contributed by atoms with Crippen LogP contribution in [0.3, 0.4) is 0 Å². The number of fused-ring (bicyclic) bond motifs is 1. The molecule has 2 heterocycles. The van der Waals surface area contributed by atoms with Gasteiger partial charge < -0.3 is 5.32 Å². The summed E-state index contributed by atoms with van der Waals surface area (Å²) in [5, 5.41) is 15.2. The molecule has 0 amide bonds. The van der Waals surface area contributed by atoms with E-state index in [9.17, 15) is 0 Å². The van der Waals surface area contributed by atoms with E-state index in [1.54, 1.807) is 0 Å². The van der Waals surface area contributed by atoms with Crippen LogP contribution < -0.4 is 15.8 Å². The molecule has 0 spiro atoms. The third-order valence-electron chi connectivity index (χ3n) is 7.19. The number of aryl methyl sites for hydroxylation is 1. The molecule has 204 valence electrons. The van der Waals surface area contributed by atoms with Gasteiger partial charge in [0.05, 0.1) is 17.9 Å². The van der Waals surface area contributed by atoms with Crippen LogP contribution in [0.5, 0.6) is 0 Å². The van der Waals surface area contributed by atoms with E-state index in [0.717, 1.165) is 47.8 Å². The second-order valence-electron chi connectivity index (χ2n) is 10.4. The standard InChI is InChI=1S/C35H39N5/c1-3-22-36-23-11-5-8-14-28-15-9-10-18-30-20-21-31(25-32(30)24-28)35-34(33-19-12-13-27(2)37-33)38-39-40(35)26-29-16-6-4-7-17-29/h4,6-7,9-10,12-13,15-21,24-25,36H,3,5,8,11,14,22-23,26H2,1-2H3/b10-9+,15-9?,18-10?,28-15-,28-24?,30-18+,32-24-. The van der Waals surface area contributed by atoms with Crippen LogP contribution in [-0.4, -0.2) is 33.1 Å². The van der Waals surface area contributed by atoms with Crippen LogP contribution in [0.4, 0.5) is 0 Å². The first kappa shape index (κ1) is 27.5. The molecule has 4 aromatic rings. The normalized spacial score (nSPS) is 16.4. The molecule has 0 bridgehead atoms. The third-order valence-corrected chi connectivity index (χ3v) is 7.19. The Hall–Kier alpha value is -4.09. The van der Waals surface area contributed by atoms with Gasteiger partial charge in [-0.2, -0.15) is 0 Å². The SMILES string of the molecule is CCCNCCCCCC1=C/C=C/C=c2\ccc(-c3c(-c4cccc(C)n4)nnn3Cc3ccccc3)c\c2=C\1. The van der Waals surface area contributed by atoms with Crippen LogP contribution in [0.2, 0.25) is 0 Å². The largest absolute Gasteiger partial charge is 0.317 e. The summed E-state index contributed by atoms with van der Waals surface area (Å²) < 4.78 is 2.01. The number of allylic oxidation sites excluding steroid dienone is 4. The van der Waals surface area contributed by atoms with E-state index in [4.69, 9.17) is 4.98 Å². The van der Waals surface area contributed by atoms with E-state index >= 15 is 0 Å². The van der Waals surface area contributed by atoms with Crippen LogP contribution in [-0.2, 0) is 6.54 Å². The Kier molecular flexibility index (Phi) is 9.49. The van der Waals surface area contributed by atoms with Crippen molar-refractivity contribution in [1.29, 1.82) is 0 Å². The van der Waals surface area contributed by atoms with E-state index in [0.29, 0.717) is 6.54 Å². The summed E-state index contributed by atoms with van der Waals surface area (Å²) in [5.41, 5.74) is 7.24. The monoisotopic (exact) mass is 529 g/mol. The summed E-state index contributed by atoms with van der Waals surface area (Å²) in [4.78, 5) is 4.79. The summed E-state index contributed by atoms with van der Waals surface area (Å²) in [6.07, 6.45) is 17.0. The molecule has 1 N–H and O–H groups in total. The Labute approximate surface area is 237 Å². The van der Waals surface area contributed by atoms with Gasteiger partial charge in [-0.15, -0.1) is 5.10 Å². The van der Waals surface area contributed by atoms with Gasteiger partial charge in [-0.3, -0.25) is 4.98 Å². The number of pyridine rings is 1. The lowest BCUT2D eigenvalue weighted by molar-refractivity contribution is 0.600. The fourth-order valence-electron chi connectivity index (χ4n) is 5.11. The minimum absolute atomic E-state index is 0.642. The minimum atomic E-state index is 0.642. The molecule has 5 nitrogen and oxygen atoms in total. The Morgan fingerprint density at radius 2 is 1.70 bits per heavy atom. The number of nitrogens with one attached hydrogen (secondary N) is 1. The van der Waals surface area contributed by atoms with Gasteiger partial charge in [-0.25, -0.2) is 4.68 Å². The van der Waals surface area contributed by atoms with Crippen molar-refractivity contribution in [2.24, 2.45) is 0 Å². The van der Waals surface area contributed by atoms with Gasteiger partial charge in [0.15, 0.2) is 0 Å². The van der Waals surface area contributed by atoms with Crippen molar-refractivity contribution in [3.63, 3.8) is 0 Å². The second kappa shape index (κ2) is 13.8. The van der Waals surface area contributed by atoms with Crippen LogP contribution >= 0.6 is 0 Å². The Balaban J connectivity index is 1.48. The number of benzene rings is 2. The van der Waals surface area contributed by atoms with E-state index in [-0.39, 0.29) is 0 Å². The Morgan fingerprint density at radius 1 is 0.825 bits per heavy atom. The second-order valence-corrected chi connectivity index (χ2v) is 10.4. The first-order valence-corrected chi connectivity index (χ1v) is 14.5. The maximum absolute atomic E-state index is 4.79. The number of hydrogen-bond donors (Lipinski definition) is 1. The number of hydrogen-bond acceptors (Lipinski definition) is 4. The molecular weight excluding hydrogens is 490 g/mol. The lowest BCUT2D eigenvalue weighted by Crippen LogP contribution is -2.25. The zero-order valence-corrected chi connectivity index (χ0v) is 23.7. The molecule has 0 unspecified atom stereocenters. The molecule has 2 aromatic carbocycles. The average Bonchev–Trinajstić information content (AvgIpc) is 3.37. The zero-order valence-electron chi connectivity index (χ0n) is 23.7. The lowest BCUT2D eigenvalue weighted by atomic mass is 10.0. The molecule has 0 radical (unpaired) electrons. The minimum Gasteiger partial charge on any atom is -0.317 e. The van der Waals surface area contributed by atoms with Crippen LogP contribution in [0.1, 0.15) is 50.3 Å². The molecule has 0 atom stereocenters. The fourth-order valence-corrected chi connectivity index (χ4v) is 5.11. The predicted octanol–water partition coefficient (Wildman–Crippen LogP) is 5.98. The molecular formula is C35H39N5. The van der Waals surface area contributed by atoms with E-state index in [1.165, 1.54) is 47.3 Å². The van der Waals surface area contributed by atoms with E-state index in [2.05, 4.69) is 95.4 Å². The first-order valence-electron chi connectivity index (χ1n) is 14.5. The van der Waals surface area contributed by atoms with Gasteiger partial charge in [-0.05, 0) is 85.5 Å². The molecule has 0 saturated heterocycles. The maximum atomic E-state index is 4.79. The van der Waals surface area contributed by atoms with Crippen molar-refractivity contribution in [3.05, 3.63) is 112 Å². The number of aromatic nitrogens is 4. The highest BCUT2D eigenvalue weighted by Crippen LogP contribution is 2.29. The molecule has 1 aliphatic carbocycles. The molecule has 0 fully saturated rings. The summed E-state index contributed by atoms with van der Waals surface area (Å²) in [5.74, 6) is 0. The Bertz CT molecular complexity index is 1590. The topological polar surface area (TPSA) is 55.6 Å². The first-order chi connectivity index (χ1) is 19.7. The highest BCUT2D eigenvalue weighted by atomic mass is 15.4. The van der Waals surface area contributed by atoms with Crippen LogP contribution in [0.15, 0.2) is 90.5 Å². The lowest BCUT2D eigenvalue weighted by Gasteiger charge is -2.10. The highest BCUT2D eigenvalue weighted by Gasteiger charge is 2.18. The summed E-state index contributed by atoms with van der Waals surface area (Å²) in [6, 6.07) is 23.2. The molecule has 0 saturated carbocycles. The quantitative estimate of drug-likeness (QED) is 0.229. The van der Waals surface area contributed by atoms with Crippen LogP contribution in [0.25, 0.3) is 34.8 Å². The molecule has 5 rings (SSSR count). The molecule has 40 heavy (non-hydrogen) atoms. The Morgan fingerprint density at radius 3 is 2.55 bits per heavy atom. The van der Waals surface area contributed by atoms with Gasteiger partial charge in [0.25, 0.3) is 0 Å². The smallest absolute Gasteiger partial charge is 0.139 e. The van der Waals surface area contributed by atoms with Gasteiger partial charge >= 0.3 is 0 Å². The van der Waals surface area contributed by atoms with Gasteiger partial charge in [0.2, 0.25) is 0 Å². The van der Waals surface area contributed by atoms with Gasteiger partial charge in [-0.1, -0.05) is 97.5 Å².